The van der Waals surface area contributed by atoms with E-state index in [9.17, 15) is 19.2 Å². The number of nitrogens with one attached hydrogen (secondary N) is 4. The number of hydrogen-bond donors (Lipinski definition) is 4. The minimum absolute atomic E-state index is 0.0514. The fourth-order valence-electron chi connectivity index (χ4n) is 4.69. The van der Waals surface area contributed by atoms with Gasteiger partial charge in [0.2, 0.25) is 23.6 Å². The topological polar surface area (TPSA) is 162 Å². The predicted molar refractivity (Wildman–Crippen MR) is 147 cm³/mol. The van der Waals surface area contributed by atoms with Gasteiger partial charge in [-0.05, 0) is 30.0 Å². The second-order valence-corrected chi connectivity index (χ2v) is 9.93. The van der Waals surface area contributed by atoms with Crippen molar-refractivity contribution < 1.29 is 19.2 Å². The van der Waals surface area contributed by atoms with Crippen LogP contribution in [-0.4, -0.2) is 62.4 Å². The number of fused-ring (bicyclic) bond motifs is 1. The zero-order valence-electron chi connectivity index (χ0n) is 22.8. The van der Waals surface area contributed by atoms with E-state index in [1.807, 2.05) is 56.3 Å². The van der Waals surface area contributed by atoms with Crippen molar-refractivity contribution in [2.45, 2.75) is 64.7 Å². The molecule has 0 aliphatic carbocycles. The molecule has 1 aliphatic heterocycles. The molecule has 0 spiro atoms. The summed E-state index contributed by atoms with van der Waals surface area (Å²) in [5.74, 6) is -1.40. The number of nitrogens with zero attached hydrogens (tertiary/aromatic N) is 4. The van der Waals surface area contributed by atoms with Crippen LogP contribution in [0.5, 0.6) is 0 Å². The van der Waals surface area contributed by atoms with Crippen LogP contribution in [0, 0.1) is 5.92 Å². The van der Waals surface area contributed by atoms with Crippen molar-refractivity contribution in [3.05, 3.63) is 71.5 Å². The van der Waals surface area contributed by atoms with E-state index in [2.05, 4.69) is 36.6 Å². The minimum Gasteiger partial charge on any atom is -0.347 e. The number of tetrazole rings is 1. The van der Waals surface area contributed by atoms with Crippen LogP contribution >= 0.6 is 0 Å². The number of benzene rings is 2. The van der Waals surface area contributed by atoms with Crippen molar-refractivity contribution in [1.82, 2.24) is 36.6 Å². The first kappa shape index (κ1) is 28.4. The number of hydrogen-bond acceptors (Lipinski definition) is 7. The largest absolute Gasteiger partial charge is 0.347 e. The van der Waals surface area contributed by atoms with E-state index in [0.717, 1.165) is 11.1 Å². The summed E-state index contributed by atoms with van der Waals surface area (Å²) in [5, 5.41) is 21.8. The molecule has 0 unspecified atom stereocenters. The Morgan fingerprint density at radius 1 is 1.02 bits per heavy atom. The average molecular weight is 547 g/mol. The summed E-state index contributed by atoms with van der Waals surface area (Å²) in [4.78, 5) is 54.4. The van der Waals surface area contributed by atoms with E-state index in [-0.39, 0.29) is 30.7 Å². The molecule has 1 aliphatic rings. The Morgan fingerprint density at radius 3 is 2.45 bits per heavy atom. The van der Waals surface area contributed by atoms with E-state index >= 15 is 0 Å². The third-order valence-corrected chi connectivity index (χ3v) is 7.07. The van der Waals surface area contributed by atoms with E-state index in [1.165, 1.54) is 4.90 Å². The Bertz CT molecular complexity index is 1330. The van der Waals surface area contributed by atoms with Crippen LogP contribution < -0.4 is 20.9 Å². The molecule has 12 heteroatoms. The number of amides is 4. The first-order chi connectivity index (χ1) is 19.3. The summed E-state index contributed by atoms with van der Waals surface area (Å²) in [7, 11) is 0. The Kier molecular flexibility index (Phi) is 9.20. The summed E-state index contributed by atoms with van der Waals surface area (Å²) in [6, 6.07) is 14.0. The van der Waals surface area contributed by atoms with Gasteiger partial charge in [0, 0.05) is 12.1 Å². The third kappa shape index (κ3) is 6.68. The second kappa shape index (κ2) is 13.0. The SMILES string of the molecule is CC[C@H](C)[C@H](NC(=O)Cc1ccccc1)C(=O)N[C@H](C)C(=O)N1c2ccccc2C[C@H]1C(=O)NCc1nn[nH]n1. The Labute approximate surface area is 232 Å². The van der Waals surface area contributed by atoms with Crippen molar-refractivity contribution in [2.75, 3.05) is 4.90 Å². The maximum absolute atomic E-state index is 13.7. The van der Waals surface area contributed by atoms with Crippen LogP contribution in [-0.2, 0) is 38.6 Å². The lowest BCUT2D eigenvalue weighted by Crippen LogP contribution is -2.57. The number of carbonyl (C=O) groups excluding carboxylic acids is 4. The molecule has 0 radical (unpaired) electrons. The molecular formula is C28H34N8O4. The van der Waals surface area contributed by atoms with Crippen molar-refractivity contribution in [3.63, 3.8) is 0 Å². The number of aromatic nitrogens is 4. The number of para-hydroxylation sites is 1. The highest BCUT2D eigenvalue weighted by Crippen LogP contribution is 2.32. The quantitative estimate of drug-likeness (QED) is 0.279. The first-order valence-corrected chi connectivity index (χ1v) is 13.3. The third-order valence-electron chi connectivity index (χ3n) is 7.07. The number of carbonyl (C=O) groups is 4. The van der Waals surface area contributed by atoms with E-state index in [1.54, 1.807) is 19.1 Å². The smallest absolute Gasteiger partial charge is 0.250 e. The van der Waals surface area contributed by atoms with Gasteiger partial charge >= 0.3 is 0 Å². The number of anilines is 1. The van der Waals surface area contributed by atoms with Crippen LogP contribution in [0.25, 0.3) is 0 Å². The van der Waals surface area contributed by atoms with Crippen molar-refractivity contribution >= 4 is 29.3 Å². The molecule has 12 nitrogen and oxygen atoms in total. The Hall–Kier alpha value is -4.61. The van der Waals surface area contributed by atoms with Gasteiger partial charge in [-0.2, -0.15) is 5.21 Å². The molecule has 2 heterocycles. The van der Waals surface area contributed by atoms with Gasteiger partial charge in [-0.15, -0.1) is 10.2 Å². The van der Waals surface area contributed by atoms with E-state index in [4.69, 9.17) is 0 Å². The zero-order chi connectivity index (χ0) is 28.6. The lowest BCUT2D eigenvalue weighted by atomic mass is 9.97. The lowest BCUT2D eigenvalue weighted by molar-refractivity contribution is -0.132. The molecule has 2 aromatic carbocycles. The van der Waals surface area contributed by atoms with E-state index < -0.39 is 29.9 Å². The van der Waals surface area contributed by atoms with Crippen LogP contribution in [0.3, 0.4) is 0 Å². The Morgan fingerprint density at radius 2 is 1.75 bits per heavy atom. The van der Waals surface area contributed by atoms with Crippen LogP contribution in [0.4, 0.5) is 5.69 Å². The second-order valence-electron chi connectivity index (χ2n) is 9.93. The molecule has 0 bridgehead atoms. The van der Waals surface area contributed by atoms with Gasteiger partial charge in [0.1, 0.15) is 18.1 Å². The maximum Gasteiger partial charge on any atom is 0.250 e. The molecule has 40 heavy (non-hydrogen) atoms. The van der Waals surface area contributed by atoms with Gasteiger partial charge in [0.15, 0.2) is 5.82 Å². The highest BCUT2D eigenvalue weighted by atomic mass is 16.2. The van der Waals surface area contributed by atoms with Crippen molar-refractivity contribution in [3.8, 4) is 0 Å². The number of rotatable bonds is 11. The molecule has 0 saturated heterocycles. The van der Waals surface area contributed by atoms with Gasteiger partial charge in [-0.25, -0.2) is 0 Å². The number of H-pyrrole nitrogens is 1. The summed E-state index contributed by atoms with van der Waals surface area (Å²) in [5.41, 5.74) is 2.30. The van der Waals surface area contributed by atoms with Gasteiger partial charge in [0.05, 0.1) is 13.0 Å². The average Bonchev–Trinajstić information content (AvgIpc) is 3.62. The summed E-state index contributed by atoms with van der Waals surface area (Å²) >= 11 is 0. The fourth-order valence-corrected chi connectivity index (χ4v) is 4.69. The molecule has 210 valence electrons. The van der Waals surface area contributed by atoms with E-state index in [0.29, 0.717) is 24.4 Å². The summed E-state index contributed by atoms with van der Waals surface area (Å²) in [6.07, 6.45) is 1.11. The zero-order valence-corrected chi connectivity index (χ0v) is 22.8. The molecule has 4 N–H and O–H groups in total. The minimum atomic E-state index is -0.955. The van der Waals surface area contributed by atoms with Crippen LogP contribution in [0.15, 0.2) is 54.6 Å². The molecule has 0 fully saturated rings. The monoisotopic (exact) mass is 546 g/mol. The lowest BCUT2D eigenvalue weighted by Gasteiger charge is -2.29. The standard InChI is InChI=1S/C28H34N8O4/c1-4-17(2)25(31-24(37)14-19-10-6-5-7-11-19)27(39)30-18(3)28(40)36-21-13-9-8-12-20(21)15-22(36)26(38)29-16-23-32-34-35-33-23/h5-13,17-18,22,25H,4,14-16H2,1-3H3,(H,29,38)(H,30,39)(H,31,37)(H,32,33,34,35)/t17-,18+,22-,25-/m0/s1. The van der Waals surface area contributed by atoms with Gasteiger partial charge in [0.25, 0.3) is 0 Å². The Balaban J connectivity index is 1.45. The molecule has 3 aromatic rings. The van der Waals surface area contributed by atoms with Gasteiger partial charge in [-0.3, -0.25) is 24.1 Å². The molecule has 4 rings (SSSR count). The molecule has 4 atom stereocenters. The summed E-state index contributed by atoms with van der Waals surface area (Å²) < 4.78 is 0. The van der Waals surface area contributed by atoms with Crippen molar-refractivity contribution in [2.24, 2.45) is 5.92 Å². The molecular weight excluding hydrogens is 512 g/mol. The normalized spacial score (nSPS) is 16.4. The van der Waals surface area contributed by atoms with Gasteiger partial charge < -0.3 is 16.0 Å². The molecule has 0 saturated carbocycles. The fraction of sp³-hybridized carbons (Fsp3) is 0.393. The number of aromatic amines is 1. The van der Waals surface area contributed by atoms with Crippen LogP contribution in [0.1, 0.15) is 44.1 Å². The predicted octanol–water partition coefficient (Wildman–Crippen LogP) is 1.05. The highest BCUT2D eigenvalue weighted by Gasteiger charge is 2.40. The first-order valence-electron chi connectivity index (χ1n) is 13.3. The van der Waals surface area contributed by atoms with Crippen molar-refractivity contribution in [1.29, 1.82) is 0 Å². The molecule has 4 amide bonds. The summed E-state index contributed by atoms with van der Waals surface area (Å²) in [6.45, 7) is 5.44. The highest BCUT2D eigenvalue weighted by molar-refractivity contribution is 6.06. The van der Waals surface area contributed by atoms with Crippen LogP contribution in [0.2, 0.25) is 0 Å². The maximum atomic E-state index is 13.7. The van der Waals surface area contributed by atoms with Gasteiger partial charge in [-0.1, -0.05) is 74.0 Å². The molecule has 1 aromatic heterocycles.